The Kier molecular flexibility index (Phi) is 8.02. The molecule has 0 aromatic heterocycles. The van der Waals surface area contributed by atoms with Gasteiger partial charge in [-0.2, -0.15) is 0 Å². The number of likely N-dealkylation sites (N-methyl/N-ethyl adjacent to an activating group) is 1. The molecule has 2 heterocycles. The van der Waals surface area contributed by atoms with Gasteiger partial charge < -0.3 is 28.7 Å². The highest BCUT2D eigenvalue weighted by Crippen LogP contribution is 2.33. The van der Waals surface area contributed by atoms with E-state index in [-0.39, 0.29) is 66.8 Å². The van der Waals surface area contributed by atoms with E-state index in [2.05, 4.69) is 4.72 Å². The molecule has 2 aliphatic heterocycles. The number of nitrogens with one attached hydrogen (secondary N) is 1. The molecule has 0 unspecified atom stereocenters. The molecule has 0 saturated heterocycles. The largest absolute Gasteiger partial charge is 0.491 e. The quantitative estimate of drug-likeness (QED) is 0.619. The van der Waals surface area contributed by atoms with E-state index in [0.29, 0.717) is 23.6 Å². The Labute approximate surface area is 222 Å². The first-order valence-electron chi connectivity index (χ1n) is 12.2. The molecular weight excluding hydrogens is 514 g/mol. The predicted octanol–water partition coefficient (Wildman–Crippen LogP) is 2.43. The lowest BCUT2D eigenvalue weighted by Crippen LogP contribution is -2.48. The van der Waals surface area contributed by atoms with Crippen LogP contribution in [-0.4, -0.2) is 89.1 Å². The maximum Gasteiger partial charge on any atom is 0.257 e. The van der Waals surface area contributed by atoms with Gasteiger partial charge in [0.25, 0.3) is 11.8 Å². The Balaban J connectivity index is 1.68. The zero-order valence-electron chi connectivity index (χ0n) is 22.1. The van der Waals surface area contributed by atoms with Crippen LogP contribution in [0.25, 0.3) is 0 Å². The van der Waals surface area contributed by atoms with Crippen molar-refractivity contribution in [3.63, 3.8) is 0 Å². The summed E-state index contributed by atoms with van der Waals surface area (Å²) < 4.78 is 48.5. The van der Waals surface area contributed by atoms with Crippen molar-refractivity contribution >= 4 is 27.5 Å². The predicted molar refractivity (Wildman–Crippen MR) is 140 cm³/mol. The van der Waals surface area contributed by atoms with E-state index in [4.69, 9.17) is 18.9 Å². The Bertz CT molecular complexity index is 1320. The van der Waals surface area contributed by atoms with Crippen LogP contribution in [0, 0.1) is 5.92 Å². The minimum Gasteiger partial charge on any atom is -0.491 e. The number of hydrogen-bond acceptors (Lipinski definition) is 8. The number of hydrogen-bond donors (Lipinski definition) is 1. The number of fused-ring (bicyclic) bond motifs is 2. The van der Waals surface area contributed by atoms with Gasteiger partial charge in [-0.15, -0.1) is 0 Å². The van der Waals surface area contributed by atoms with Crippen molar-refractivity contribution in [3.05, 3.63) is 47.5 Å². The van der Waals surface area contributed by atoms with E-state index in [1.54, 1.807) is 43.3 Å². The number of anilines is 1. The highest BCUT2D eigenvalue weighted by molar-refractivity contribution is 7.92. The minimum absolute atomic E-state index is 0.101. The molecule has 0 saturated carbocycles. The molecule has 0 spiro atoms. The molecule has 2 aromatic carbocycles. The highest BCUT2D eigenvalue weighted by Gasteiger charge is 2.31. The van der Waals surface area contributed by atoms with E-state index in [9.17, 15) is 18.0 Å². The molecule has 2 aromatic rings. The Morgan fingerprint density at radius 2 is 1.74 bits per heavy atom. The Morgan fingerprint density at radius 1 is 1.03 bits per heavy atom. The molecule has 2 aliphatic rings. The molecule has 0 bridgehead atoms. The van der Waals surface area contributed by atoms with Gasteiger partial charge >= 0.3 is 0 Å². The fourth-order valence-corrected chi connectivity index (χ4v) is 5.09. The summed E-state index contributed by atoms with van der Waals surface area (Å²) in [4.78, 5) is 30.3. The summed E-state index contributed by atoms with van der Waals surface area (Å²) in [6.45, 7) is 4.67. The van der Waals surface area contributed by atoms with Crippen LogP contribution in [-0.2, 0) is 14.8 Å². The van der Waals surface area contributed by atoms with Crippen LogP contribution in [0.15, 0.2) is 36.4 Å². The molecule has 38 heavy (non-hydrogen) atoms. The number of benzene rings is 2. The molecule has 206 valence electrons. The van der Waals surface area contributed by atoms with Crippen molar-refractivity contribution in [2.24, 2.45) is 5.92 Å². The molecule has 0 aliphatic carbocycles. The van der Waals surface area contributed by atoms with Gasteiger partial charge in [0.1, 0.15) is 12.4 Å². The second-order valence-corrected chi connectivity index (χ2v) is 11.5. The summed E-state index contributed by atoms with van der Waals surface area (Å²) in [6.07, 6.45) is 0.666. The number of sulfonamides is 1. The van der Waals surface area contributed by atoms with E-state index >= 15 is 0 Å². The third kappa shape index (κ3) is 6.13. The first-order chi connectivity index (χ1) is 18.0. The van der Waals surface area contributed by atoms with Crippen molar-refractivity contribution in [3.8, 4) is 17.2 Å². The van der Waals surface area contributed by atoms with Crippen LogP contribution < -0.4 is 18.9 Å². The monoisotopic (exact) mass is 547 g/mol. The third-order valence-corrected chi connectivity index (χ3v) is 7.23. The molecule has 2 amide bonds. The van der Waals surface area contributed by atoms with Gasteiger partial charge in [0.15, 0.2) is 11.5 Å². The highest BCUT2D eigenvalue weighted by atomic mass is 32.2. The van der Waals surface area contributed by atoms with Crippen LogP contribution in [0.1, 0.15) is 34.6 Å². The maximum absolute atomic E-state index is 13.7. The summed E-state index contributed by atoms with van der Waals surface area (Å²) >= 11 is 0. The van der Waals surface area contributed by atoms with Crippen LogP contribution in [0.4, 0.5) is 5.69 Å². The summed E-state index contributed by atoms with van der Waals surface area (Å²) in [6, 6.07) is 9.25. The van der Waals surface area contributed by atoms with Gasteiger partial charge in [-0.05, 0) is 43.3 Å². The number of carbonyl (C=O) groups excluding carboxylic acids is 2. The smallest absolute Gasteiger partial charge is 0.257 e. The fraction of sp³-hybridized carbons (Fsp3) is 0.462. The lowest BCUT2D eigenvalue weighted by Gasteiger charge is -2.36. The van der Waals surface area contributed by atoms with Crippen LogP contribution in [0.2, 0.25) is 0 Å². The van der Waals surface area contributed by atoms with E-state index in [0.717, 1.165) is 6.26 Å². The van der Waals surface area contributed by atoms with Gasteiger partial charge in [0.05, 0.1) is 24.0 Å². The molecular formula is C26H33N3O8S. The second-order valence-electron chi connectivity index (χ2n) is 9.71. The lowest BCUT2D eigenvalue weighted by atomic mass is 10.0. The van der Waals surface area contributed by atoms with Gasteiger partial charge in [-0.25, -0.2) is 8.42 Å². The minimum atomic E-state index is -3.55. The molecule has 1 N–H and O–H groups in total. The molecule has 0 radical (unpaired) electrons. The van der Waals surface area contributed by atoms with Crippen molar-refractivity contribution in [1.82, 2.24) is 9.80 Å². The molecule has 4 rings (SSSR count). The average Bonchev–Trinajstić information content (AvgIpc) is 3.34. The average molecular weight is 548 g/mol. The van der Waals surface area contributed by atoms with Crippen molar-refractivity contribution in [1.29, 1.82) is 0 Å². The van der Waals surface area contributed by atoms with Crippen LogP contribution >= 0.6 is 0 Å². The van der Waals surface area contributed by atoms with E-state index in [1.807, 2.05) is 13.8 Å². The Morgan fingerprint density at radius 3 is 2.45 bits per heavy atom. The number of amides is 2. The van der Waals surface area contributed by atoms with Crippen molar-refractivity contribution < 1.29 is 37.0 Å². The van der Waals surface area contributed by atoms with Crippen molar-refractivity contribution in [2.75, 3.05) is 51.6 Å². The van der Waals surface area contributed by atoms with E-state index in [1.165, 1.54) is 17.0 Å². The topological polar surface area (TPSA) is 124 Å². The summed E-state index contributed by atoms with van der Waals surface area (Å²) in [7, 11) is -0.330. The van der Waals surface area contributed by atoms with Gasteiger partial charge in [0.2, 0.25) is 16.8 Å². The number of carbonyl (C=O) groups is 2. The van der Waals surface area contributed by atoms with Gasteiger partial charge in [0, 0.05) is 44.4 Å². The van der Waals surface area contributed by atoms with Crippen molar-refractivity contribution in [2.45, 2.75) is 26.0 Å². The standard InChI is InChI=1S/C26H33N3O8S/c1-16-12-29(25(30)18-6-8-22-23(10-18)37-15-36-22)17(2)14-35-21-9-7-19(27-38(5,32)33)11-20(21)26(31)28(3)13-24(16)34-4/h6-11,16-17,24,27H,12-15H2,1-5H3/t16-,17+,24+/m1/s1. The molecule has 11 nitrogen and oxygen atoms in total. The van der Waals surface area contributed by atoms with Crippen LogP contribution in [0.5, 0.6) is 17.2 Å². The first-order valence-corrected chi connectivity index (χ1v) is 14.1. The second kappa shape index (κ2) is 11.1. The first kappa shape index (κ1) is 27.5. The summed E-state index contributed by atoms with van der Waals surface area (Å²) in [5, 5.41) is 0. The molecule has 0 fully saturated rings. The molecule has 3 atom stereocenters. The fourth-order valence-electron chi connectivity index (χ4n) is 4.53. The number of nitrogens with zero attached hydrogens (tertiary/aromatic N) is 2. The molecule has 12 heteroatoms. The zero-order chi connectivity index (χ0) is 27.6. The summed E-state index contributed by atoms with van der Waals surface area (Å²) in [5.41, 5.74) is 0.900. The van der Waals surface area contributed by atoms with Gasteiger partial charge in [-0.1, -0.05) is 6.92 Å². The maximum atomic E-state index is 13.7. The number of ether oxygens (including phenoxy) is 4. The van der Waals surface area contributed by atoms with Crippen LogP contribution in [0.3, 0.4) is 0 Å². The summed E-state index contributed by atoms with van der Waals surface area (Å²) in [5.74, 6) is 0.722. The normalized spacial score (nSPS) is 22.1. The number of rotatable bonds is 4. The lowest BCUT2D eigenvalue weighted by molar-refractivity contribution is 0.0111. The number of methoxy groups -OCH3 is 1. The van der Waals surface area contributed by atoms with E-state index < -0.39 is 10.0 Å². The Hall–Kier alpha value is -3.51. The third-order valence-electron chi connectivity index (χ3n) is 6.63. The zero-order valence-corrected chi connectivity index (χ0v) is 22.9. The van der Waals surface area contributed by atoms with Gasteiger partial charge in [-0.3, -0.25) is 14.3 Å². The SMILES string of the molecule is CO[C@H]1CN(C)C(=O)c2cc(NS(C)(=O)=O)ccc2OC[C@H](C)N(C(=O)c2ccc3c(c2)OCO3)C[C@H]1C.